The van der Waals surface area contributed by atoms with E-state index in [1.807, 2.05) is 24.3 Å². The van der Waals surface area contributed by atoms with Crippen LogP contribution in [0.25, 0.3) is 10.9 Å². The number of amides is 1. The SMILES string of the molecule is CC(C)(C)c1ccc(COc2cc(C(N)=O)nc3ccccc23)cc1. The maximum Gasteiger partial charge on any atom is 0.267 e. The van der Waals surface area contributed by atoms with Gasteiger partial charge in [0.1, 0.15) is 18.1 Å². The third-order valence-electron chi connectivity index (χ3n) is 4.14. The third kappa shape index (κ3) is 3.79. The second-order valence-corrected chi connectivity index (χ2v) is 7.12. The molecule has 0 saturated heterocycles. The zero-order valence-electron chi connectivity index (χ0n) is 14.7. The molecule has 0 fully saturated rings. The predicted octanol–water partition coefficient (Wildman–Crippen LogP) is 4.21. The van der Waals surface area contributed by atoms with Crippen molar-refractivity contribution in [1.82, 2.24) is 4.98 Å². The number of para-hydroxylation sites is 1. The highest BCUT2D eigenvalue weighted by Crippen LogP contribution is 2.27. The highest BCUT2D eigenvalue weighted by Gasteiger charge is 2.13. The van der Waals surface area contributed by atoms with Crippen LogP contribution in [0, 0.1) is 0 Å². The molecule has 25 heavy (non-hydrogen) atoms. The zero-order chi connectivity index (χ0) is 18.0. The molecule has 2 N–H and O–H groups in total. The third-order valence-corrected chi connectivity index (χ3v) is 4.14. The van der Waals surface area contributed by atoms with Gasteiger partial charge in [-0.3, -0.25) is 4.79 Å². The van der Waals surface area contributed by atoms with Gasteiger partial charge in [0.25, 0.3) is 5.91 Å². The van der Waals surface area contributed by atoms with Crippen molar-refractivity contribution in [2.75, 3.05) is 0 Å². The Balaban J connectivity index is 1.86. The highest BCUT2D eigenvalue weighted by molar-refractivity contribution is 5.96. The molecule has 3 rings (SSSR count). The Morgan fingerprint density at radius 3 is 2.40 bits per heavy atom. The number of carbonyl (C=O) groups excluding carboxylic acids is 1. The Kier molecular flexibility index (Phi) is 4.45. The van der Waals surface area contributed by atoms with Gasteiger partial charge >= 0.3 is 0 Å². The molecule has 0 aliphatic carbocycles. The van der Waals surface area contributed by atoms with Crippen molar-refractivity contribution in [2.24, 2.45) is 5.73 Å². The molecule has 0 spiro atoms. The number of fused-ring (bicyclic) bond motifs is 1. The lowest BCUT2D eigenvalue weighted by molar-refractivity contribution is 0.0995. The number of benzene rings is 2. The lowest BCUT2D eigenvalue weighted by atomic mass is 9.87. The lowest BCUT2D eigenvalue weighted by Gasteiger charge is -2.19. The molecule has 1 aromatic heterocycles. The largest absolute Gasteiger partial charge is 0.488 e. The number of primary amides is 1. The normalized spacial score (nSPS) is 11.5. The van der Waals surface area contributed by atoms with Crippen LogP contribution in [0.3, 0.4) is 0 Å². The number of pyridine rings is 1. The van der Waals surface area contributed by atoms with Crippen molar-refractivity contribution >= 4 is 16.8 Å². The van der Waals surface area contributed by atoms with Crippen molar-refractivity contribution in [1.29, 1.82) is 0 Å². The number of carbonyl (C=O) groups is 1. The second kappa shape index (κ2) is 6.55. The second-order valence-electron chi connectivity index (χ2n) is 7.12. The molecule has 3 aromatic rings. The molecule has 0 aliphatic rings. The molecule has 0 saturated carbocycles. The van der Waals surface area contributed by atoms with Crippen LogP contribution in [-0.4, -0.2) is 10.9 Å². The van der Waals surface area contributed by atoms with Crippen LogP contribution >= 0.6 is 0 Å². The molecular weight excluding hydrogens is 312 g/mol. The summed E-state index contributed by atoms with van der Waals surface area (Å²) < 4.78 is 5.97. The van der Waals surface area contributed by atoms with Crippen LogP contribution in [0.5, 0.6) is 5.75 Å². The van der Waals surface area contributed by atoms with Crippen LogP contribution in [0.4, 0.5) is 0 Å². The van der Waals surface area contributed by atoms with Crippen LogP contribution in [0.1, 0.15) is 42.4 Å². The quantitative estimate of drug-likeness (QED) is 0.777. The van der Waals surface area contributed by atoms with E-state index < -0.39 is 5.91 Å². The fourth-order valence-corrected chi connectivity index (χ4v) is 2.65. The predicted molar refractivity (Wildman–Crippen MR) is 99.7 cm³/mol. The molecule has 2 aromatic carbocycles. The van der Waals surface area contributed by atoms with Crippen LogP contribution in [-0.2, 0) is 12.0 Å². The fourth-order valence-electron chi connectivity index (χ4n) is 2.65. The summed E-state index contributed by atoms with van der Waals surface area (Å²) in [5.41, 5.74) is 8.74. The molecule has 0 bridgehead atoms. The van der Waals surface area contributed by atoms with Crippen molar-refractivity contribution in [3.63, 3.8) is 0 Å². The summed E-state index contributed by atoms with van der Waals surface area (Å²) in [5.74, 6) is 0.0458. The van der Waals surface area contributed by atoms with E-state index in [1.54, 1.807) is 6.07 Å². The summed E-state index contributed by atoms with van der Waals surface area (Å²) in [5, 5.41) is 0.860. The monoisotopic (exact) mass is 334 g/mol. The minimum absolute atomic E-state index is 0.122. The zero-order valence-corrected chi connectivity index (χ0v) is 14.7. The average Bonchev–Trinajstić information content (AvgIpc) is 2.59. The molecular formula is C21H22N2O2. The topological polar surface area (TPSA) is 65.2 Å². The van der Waals surface area contributed by atoms with Crippen LogP contribution in [0.2, 0.25) is 0 Å². The first-order valence-electron chi connectivity index (χ1n) is 8.26. The van der Waals surface area contributed by atoms with Gasteiger partial charge in [0.05, 0.1) is 5.52 Å². The van der Waals surface area contributed by atoms with Crippen molar-refractivity contribution in [3.05, 3.63) is 71.4 Å². The number of nitrogens with two attached hydrogens (primary N) is 1. The fraction of sp³-hybridized carbons (Fsp3) is 0.238. The Hall–Kier alpha value is -2.88. The number of aromatic nitrogens is 1. The maximum absolute atomic E-state index is 11.5. The van der Waals surface area contributed by atoms with E-state index in [2.05, 4.69) is 50.0 Å². The summed E-state index contributed by atoms with van der Waals surface area (Å²) >= 11 is 0. The van der Waals surface area contributed by atoms with Gasteiger partial charge < -0.3 is 10.5 Å². The molecule has 128 valence electrons. The van der Waals surface area contributed by atoms with E-state index in [0.717, 1.165) is 10.9 Å². The van der Waals surface area contributed by atoms with Gasteiger partial charge in [-0.05, 0) is 28.7 Å². The average molecular weight is 334 g/mol. The van der Waals surface area contributed by atoms with Crippen molar-refractivity contribution < 1.29 is 9.53 Å². The van der Waals surface area contributed by atoms with Gasteiger partial charge in [0.15, 0.2) is 0 Å². The molecule has 1 heterocycles. The molecule has 0 radical (unpaired) electrons. The summed E-state index contributed by atoms with van der Waals surface area (Å²) in [4.78, 5) is 15.8. The van der Waals surface area contributed by atoms with Crippen LogP contribution in [0.15, 0.2) is 54.6 Å². The minimum Gasteiger partial charge on any atom is -0.488 e. The first-order valence-corrected chi connectivity index (χ1v) is 8.26. The van der Waals surface area contributed by atoms with Gasteiger partial charge in [0.2, 0.25) is 0 Å². The Bertz CT molecular complexity index is 909. The first kappa shape index (κ1) is 17.0. The summed E-state index contributed by atoms with van der Waals surface area (Å²) in [7, 11) is 0. The number of hydrogen-bond donors (Lipinski definition) is 1. The highest BCUT2D eigenvalue weighted by atomic mass is 16.5. The standard InChI is InChI=1S/C21H22N2O2/c1-21(2,3)15-10-8-14(9-11-15)13-25-19-12-18(20(22)24)23-17-7-5-4-6-16(17)19/h4-12H,13H2,1-3H3,(H2,22,24). The molecule has 4 heteroatoms. The maximum atomic E-state index is 11.5. The van der Waals surface area contributed by atoms with Crippen LogP contribution < -0.4 is 10.5 Å². The Morgan fingerprint density at radius 1 is 1.08 bits per heavy atom. The first-order chi connectivity index (χ1) is 11.8. The van der Waals surface area contributed by atoms with Gasteiger partial charge in [0, 0.05) is 11.5 Å². The van der Waals surface area contributed by atoms with Crippen molar-refractivity contribution in [2.45, 2.75) is 32.8 Å². The summed E-state index contributed by atoms with van der Waals surface area (Å²) in [6.45, 7) is 6.98. The molecule has 1 amide bonds. The van der Waals surface area contributed by atoms with E-state index in [9.17, 15) is 4.79 Å². The number of ether oxygens (including phenoxy) is 1. The van der Waals surface area contributed by atoms with Gasteiger partial charge in [-0.25, -0.2) is 4.98 Å². The van der Waals surface area contributed by atoms with Gasteiger partial charge in [-0.1, -0.05) is 57.2 Å². The van der Waals surface area contributed by atoms with Gasteiger partial charge in [-0.2, -0.15) is 0 Å². The number of nitrogens with zero attached hydrogens (tertiary/aromatic N) is 1. The van der Waals surface area contributed by atoms with E-state index in [-0.39, 0.29) is 11.1 Å². The molecule has 4 nitrogen and oxygen atoms in total. The molecule has 0 unspecified atom stereocenters. The number of rotatable bonds is 4. The molecule has 0 aliphatic heterocycles. The smallest absolute Gasteiger partial charge is 0.267 e. The lowest BCUT2D eigenvalue weighted by Crippen LogP contribution is -2.13. The van der Waals surface area contributed by atoms with E-state index in [1.165, 1.54) is 5.56 Å². The summed E-state index contributed by atoms with van der Waals surface area (Å²) in [6, 6.07) is 17.5. The Labute approximate surface area is 147 Å². The number of hydrogen-bond acceptors (Lipinski definition) is 3. The Morgan fingerprint density at radius 2 is 1.76 bits per heavy atom. The van der Waals surface area contributed by atoms with E-state index in [4.69, 9.17) is 10.5 Å². The van der Waals surface area contributed by atoms with Gasteiger partial charge in [-0.15, -0.1) is 0 Å². The van der Waals surface area contributed by atoms with E-state index >= 15 is 0 Å². The van der Waals surface area contributed by atoms with E-state index in [0.29, 0.717) is 17.9 Å². The minimum atomic E-state index is -0.565. The van der Waals surface area contributed by atoms with Crippen molar-refractivity contribution in [3.8, 4) is 5.75 Å². The molecule has 0 atom stereocenters. The summed E-state index contributed by atoms with van der Waals surface area (Å²) in [6.07, 6.45) is 0.